The van der Waals surface area contributed by atoms with Gasteiger partial charge in [0.05, 0.1) is 6.07 Å². The molecule has 0 heterocycles. The van der Waals surface area contributed by atoms with Crippen LogP contribution in [0.3, 0.4) is 0 Å². The molecule has 0 fully saturated rings. The molecule has 0 aliphatic heterocycles. The number of nitriles is 1. The van der Waals surface area contributed by atoms with E-state index in [1.807, 2.05) is 0 Å². The van der Waals surface area contributed by atoms with Crippen molar-refractivity contribution in [3.05, 3.63) is 33.3 Å². The zero-order valence-corrected chi connectivity index (χ0v) is 9.48. The second kappa shape index (κ2) is 4.43. The summed E-state index contributed by atoms with van der Waals surface area (Å²) in [6.07, 6.45) is 1.44. The minimum absolute atomic E-state index is 0.594. The fourth-order valence-electron chi connectivity index (χ4n) is 1.34. The van der Waals surface area contributed by atoms with Crippen molar-refractivity contribution in [1.82, 2.24) is 0 Å². The molecule has 0 aromatic heterocycles. The van der Waals surface area contributed by atoms with Gasteiger partial charge in [-0.15, -0.1) is 0 Å². The van der Waals surface area contributed by atoms with E-state index in [9.17, 15) is 0 Å². The summed E-state index contributed by atoms with van der Waals surface area (Å²) in [4.78, 5) is 0. The van der Waals surface area contributed by atoms with E-state index < -0.39 is 0 Å². The van der Waals surface area contributed by atoms with Crippen LogP contribution in [0.2, 0.25) is 0 Å². The van der Waals surface area contributed by atoms with Gasteiger partial charge in [0.1, 0.15) is 0 Å². The van der Waals surface area contributed by atoms with Gasteiger partial charge in [0, 0.05) is 10.9 Å². The highest BCUT2D eigenvalue weighted by molar-refractivity contribution is 9.10. The fraction of sp³-hybridized carbons (Fsp3) is 0.364. The minimum Gasteiger partial charge on any atom is -0.198 e. The lowest BCUT2D eigenvalue weighted by molar-refractivity contribution is 0.990. The maximum absolute atomic E-state index is 8.50. The summed E-state index contributed by atoms with van der Waals surface area (Å²) in [6, 6.07) is 6.42. The molecule has 0 radical (unpaired) electrons. The second-order valence-corrected chi connectivity index (χ2v) is 4.04. The second-order valence-electron chi connectivity index (χ2n) is 3.19. The number of rotatable bonds is 2. The van der Waals surface area contributed by atoms with Crippen LogP contribution in [0.4, 0.5) is 0 Å². The summed E-state index contributed by atoms with van der Waals surface area (Å²) in [7, 11) is 0. The standard InChI is InChI=1S/C11H12BrN/c1-8-6-10(4-3-5-13)9(2)11(12)7-8/h6-7H,3-4H2,1-2H3. The van der Waals surface area contributed by atoms with Crippen LogP contribution in [0.25, 0.3) is 0 Å². The van der Waals surface area contributed by atoms with Crippen LogP contribution in [0.15, 0.2) is 16.6 Å². The minimum atomic E-state index is 0.594. The summed E-state index contributed by atoms with van der Waals surface area (Å²) >= 11 is 3.51. The summed E-state index contributed by atoms with van der Waals surface area (Å²) in [5.41, 5.74) is 3.76. The molecule has 0 atom stereocenters. The van der Waals surface area contributed by atoms with Gasteiger partial charge in [0.2, 0.25) is 0 Å². The summed E-state index contributed by atoms with van der Waals surface area (Å²) in [5, 5.41) is 8.50. The Balaban J connectivity index is 3.00. The van der Waals surface area contributed by atoms with Crippen LogP contribution < -0.4 is 0 Å². The molecule has 0 saturated heterocycles. The normalized spacial score (nSPS) is 9.69. The van der Waals surface area contributed by atoms with Gasteiger partial charge in [-0.05, 0) is 43.0 Å². The average Bonchev–Trinajstić information content (AvgIpc) is 2.09. The van der Waals surface area contributed by atoms with Gasteiger partial charge in [-0.3, -0.25) is 0 Å². The van der Waals surface area contributed by atoms with Gasteiger partial charge in [-0.1, -0.05) is 22.0 Å². The fourth-order valence-corrected chi connectivity index (χ4v) is 1.95. The Hall–Kier alpha value is -0.810. The molecule has 1 aromatic rings. The lowest BCUT2D eigenvalue weighted by Gasteiger charge is -2.07. The first-order valence-corrected chi connectivity index (χ1v) is 5.07. The van der Waals surface area contributed by atoms with Crippen molar-refractivity contribution in [2.24, 2.45) is 0 Å². The number of nitrogens with zero attached hydrogens (tertiary/aromatic N) is 1. The van der Waals surface area contributed by atoms with Crippen molar-refractivity contribution >= 4 is 15.9 Å². The van der Waals surface area contributed by atoms with E-state index >= 15 is 0 Å². The van der Waals surface area contributed by atoms with Gasteiger partial charge < -0.3 is 0 Å². The molecule has 0 bridgehead atoms. The molecule has 0 spiro atoms. The van der Waals surface area contributed by atoms with Gasteiger partial charge >= 0.3 is 0 Å². The molecule has 1 aromatic carbocycles. The Morgan fingerprint density at radius 1 is 1.38 bits per heavy atom. The maximum Gasteiger partial charge on any atom is 0.0625 e. The molecule has 68 valence electrons. The first kappa shape index (κ1) is 10.3. The van der Waals surface area contributed by atoms with Crippen molar-refractivity contribution in [2.45, 2.75) is 26.7 Å². The molecule has 2 heteroatoms. The molecule has 0 aliphatic rings. The number of hydrogen-bond donors (Lipinski definition) is 0. The van der Waals surface area contributed by atoms with Gasteiger partial charge in [0.25, 0.3) is 0 Å². The number of hydrogen-bond acceptors (Lipinski definition) is 1. The van der Waals surface area contributed by atoms with E-state index in [1.54, 1.807) is 0 Å². The third-order valence-corrected chi connectivity index (χ3v) is 2.93. The first-order chi connectivity index (χ1) is 6.15. The van der Waals surface area contributed by atoms with Crippen LogP contribution in [-0.4, -0.2) is 0 Å². The Labute approximate surface area is 87.5 Å². The van der Waals surface area contributed by atoms with Gasteiger partial charge in [-0.25, -0.2) is 0 Å². The van der Waals surface area contributed by atoms with E-state index in [0.29, 0.717) is 6.42 Å². The SMILES string of the molecule is Cc1cc(Br)c(C)c(CCC#N)c1. The molecule has 0 aliphatic carbocycles. The largest absolute Gasteiger partial charge is 0.198 e. The Bertz CT molecular complexity index is 350. The Morgan fingerprint density at radius 2 is 2.08 bits per heavy atom. The van der Waals surface area contributed by atoms with Crippen LogP contribution in [0.5, 0.6) is 0 Å². The highest BCUT2D eigenvalue weighted by Gasteiger charge is 2.02. The molecule has 13 heavy (non-hydrogen) atoms. The molecular weight excluding hydrogens is 226 g/mol. The molecule has 0 N–H and O–H groups in total. The summed E-state index contributed by atoms with van der Waals surface area (Å²) in [6.45, 7) is 4.15. The number of aryl methyl sites for hydroxylation is 2. The van der Waals surface area contributed by atoms with Crippen molar-refractivity contribution in [3.8, 4) is 6.07 Å². The number of benzene rings is 1. The van der Waals surface area contributed by atoms with Gasteiger partial charge in [-0.2, -0.15) is 5.26 Å². The summed E-state index contributed by atoms with van der Waals surface area (Å²) in [5.74, 6) is 0. The third kappa shape index (κ3) is 2.57. The monoisotopic (exact) mass is 237 g/mol. The smallest absolute Gasteiger partial charge is 0.0625 e. The van der Waals surface area contributed by atoms with Crippen molar-refractivity contribution < 1.29 is 0 Å². The lowest BCUT2D eigenvalue weighted by Crippen LogP contribution is -1.91. The average molecular weight is 238 g/mol. The summed E-state index contributed by atoms with van der Waals surface area (Å²) < 4.78 is 1.14. The molecule has 0 amide bonds. The highest BCUT2D eigenvalue weighted by atomic mass is 79.9. The predicted octanol–water partition coefficient (Wildman–Crippen LogP) is 3.52. The lowest BCUT2D eigenvalue weighted by atomic mass is 10.0. The van der Waals surface area contributed by atoms with E-state index in [2.05, 4.69) is 48.0 Å². The third-order valence-electron chi connectivity index (χ3n) is 2.10. The molecule has 0 unspecified atom stereocenters. The molecular formula is C11H12BrN. The van der Waals surface area contributed by atoms with E-state index in [-0.39, 0.29) is 0 Å². The van der Waals surface area contributed by atoms with Crippen molar-refractivity contribution in [3.63, 3.8) is 0 Å². The van der Waals surface area contributed by atoms with Crippen LogP contribution >= 0.6 is 15.9 Å². The van der Waals surface area contributed by atoms with Crippen LogP contribution in [0.1, 0.15) is 23.1 Å². The highest BCUT2D eigenvalue weighted by Crippen LogP contribution is 2.22. The zero-order valence-electron chi connectivity index (χ0n) is 7.89. The number of halogens is 1. The first-order valence-electron chi connectivity index (χ1n) is 4.27. The predicted molar refractivity (Wildman–Crippen MR) is 57.6 cm³/mol. The molecule has 0 saturated carbocycles. The quantitative estimate of drug-likeness (QED) is 0.773. The topological polar surface area (TPSA) is 23.8 Å². The van der Waals surface area contributed by atoms with Crippen molar-refractivity contribution in [1.29, 1.82) is 5.26 Å². The van der Waals surface area contributed by atoms with Crippen molar-refractivity contribution in [2.75, 3.05) is 0 Å². The van der Waals surface area contributed by atoms with E-state index in [4.69, 9.17) is 5.26 Å². The van der Waals surface area contributed by atoms with Crippen LogP contribution in [-0.2, 0) is 6.42 Å². The molecule has 1 rings (SSSR count). The van der Waals surface area contributed by atoms with Gasteiger partial charge in [0.15, 0.2) is 0 Å². The zero-order chi connectivity index (χ0) is 9.84. The van der Waals surface area contributed by atoms with Crippen LogP contribution in [0, 0.1) is 25.2 Å². The van der Waals surface area contributed by atoms with E-state index in [1.165, 1.54) is 16.7 Å². The Kier molecular flexibility index (Phi) is 3.50. The Morgan fingerprint density at radius 3 is 2.69 bits per heavy atom. The maximum atomic E-state index is 8.50. The molecule has 1 nitrogen and oxygen atoms in total. The van der Waals surface area contributed by atoms with E-state index in [0.717, 1.165) is 10.9 Å².